The molecule has 0 saturated heterocycles. The second kappa shape index (κ2) is 16.3. The fourth-order valence-electron chi connectivity index (χ4n) is 5.28. The molecule has 0 unspecified atom stereocenters. The van der Waals surface area contributed by atoms with Gasteiger partial charge in [0, 0.05) is 18.3 Å². The molecule has 2 amide bonds. The van der Waals surface area contributed by atoms with Gasteiger partial charge in [0.2, 0.25) is 10.0 Å². The Morgan fingerprint density at radius 3 is 2.31 bits per heavy atom. The Hall–Kier alpha value is -4.13. The number of carboxylic acid groups (broad SMARTS) is 1. The van der Waals surface area contributed by atoms with Gasteiger partial charge in [-0.1, -0.05) is 67.8 Å². The molecule has 45 heavy (non-hydrogen) atoms. The summed E-state index contributed by atoms with van der Waals surface area (Å²) in [5.74, 6) is -0.539. The van der Waals surface area contributed by atoms with E-state index in [-0.39, 0.29) is 50.1 Å². The van der Waals surface area contributed by atoms with E-state index in [1.807, 2.05) is 24.3 Å². The molecule has 4 rings (SSSR count). The molecule has 0 spiro atoms. The number of carbonyl (C=O) groups excluding carboxylic acids is 1. The number of amides is 2. The molecule has 3 aromatic rings. The highest BCUT2D eigenvalue weighted by Crippen LogP contribution is 2.30. The van der Waals surface area contributed by atoms with Crippen molar-refractivity contribution < 1.29 is 38.1 Å². The lowest BCUT2D eigenvalue weighted by molar-refractivity contribution is 0.0894. The molecule has 1 aliphatic rings. The maximum atomic E-state index is 13.0. The summed E-state index contributed by atoms with van der Waals surface area (Å²) in [6.45, 7) is -0.215. The standard InChI is InChI=1S/C33H41N3O8S/c37-19-7-21-45(42,43)35-32(39)29-17-14-26(22-30(29)34-27-10-5-2-6-11-27)24-12-15-28(16-13-24)44-20-18-36(33(40)41)23-31(38)25-8-3-1-4-9-25/h1,3-4,8-9,12-17,22,27,31,34,37-38H,2,5-7,10-11,18-21,23H2,(H,35,39)(H,40,41)/t31-/m1/s1. The molecule has 11 nitrogen and oxygen atoms in total. The molecule has 0 bridgehead atoms. The van der Waals surface area contributed by atoms with E-state index >= 15 is 0 Å². The number of hydrogen-bond donors (Lipinski definition) is 5. The van der Waals surface area contributed by atoms with Crippen LogP contribution in [0.25, 0.3) is 11.1 Å². The first-order valence-corrected chi connectivity index (χ1v) is 16.8. The van der Waals surface area contributed by atoms with Gasteiger partial charge in [-0.25, -0.2) is 17.9 Å². The average molecular weight is 640 g/mol. The monoisotopic (exact) mass is 639 g/mol. The van der Waals surface area contributed by atoms with E-state index in [0.717, 1.165) is 48.1 Å². The highest BCUT2D eigenvalue weighted by molar-refractivity contribution is 7.90. The quantitative estimate of drug-likeness (QED) is 0.159. The van der Waals surface area contributed by atoms with Crippen LogP contribution in [0.2, 0.25) is 0 Å². The van der Waals surface area contributed by atoms with Crippen molar-refractivity contribution in [3.63, 3.8) is 0 Å². The molecule has 242 valence electrons. The number of aliphatic hydroxyl groups is 2. The fraction of sp³-hybridized carbons (Fsp3) is 0.394. The van der Waals surface area contributed by atoms with Gasteiger partial charge in [0.05, 0.1) is 30.5 Å². The lowest BCUT2D eigenvalue weighted by Crippen LogP contribution is -2.36. The molecular formula is C33H41N3O8S. The van der Waals surface area contributed by atoms with Crippen LogP contribution in [-0.4, -0.2) is 78.7 Å². The van der Waals surface area contributed by atoms with Crippen molar-refractivity contribution in [1.29, 1.82) is 0 Å². The van der Waals surface area contributed by atoms with Gasteiger partial charge in [0.1, 0.15) is 12.4 Å². The normalized spacial score (nSPS) is 14.4. The van der Waals surface area contributed by atoms with Crippen molar-refractivity contribution in [2.24, 2.45) is 0 Å². The van der Waals surface area contributed by atoms with Crippen molar-refractivity contribution in [2.45, 2.75) is 50.7 Å². The van der Waals surface area contributed by atoms with Gasteiger partial charge in [0.15, 0.2) is 0 Å². The van der Waals surface area contributed by atoms with E-state index in [1.54, 1.807) is 48.5 Å². The molecule has 5 N–H and O–H groups in total. The second-order valence-corrected chi connectivity index (χ2v) is 12.9. The molecule has 12 heteroatoms. The summed E-state index contributed by atoms with van der Waals surface area (Å²) in [5, 5.41) is 32.5. The van der Waals surface area contributed by atoms with Crippen LogP contribution in [-0.2, 0) is 10.0 Å². The second-order valence-electron chi connectivity index (χ2n) is 11.1. The predicted molar refractivity (Wildman–Crippen MR) is 172 cm³/mol. The van der Waals surface area contributed by atoms with E-state index in [0.29, 0.717) is 17.0 Å². The van der Waals surface area contributed by atoms with E-state index < -0.39 is 28.1 Å². The van der Waals surface area contributed by atoms with Gasteiger partial charge >= 0.3 is 6.09 Å². The van der Waals surface area contributed by atoms with Gasteiger partial charge in [-0.15, -0.1) is 0 Å². The number of carbonyl (C=O) groups is 2. The minimum Gasteiger partial charge on any atom is -0.492 e. The molecule has 0 aliphatic heterocycles. The van der Waals surface area contributed by atoms with Crippen molar-refractivity contribution in [3.8, 4) is 16.9 Å². The third kappa shape index (κ3) is 10.2. The molecule has 1 fully saturated rings. The number of rotatable bonds is 15. The van der Waals surface area contributed by atoms with E-state index in [9.17, 15) is 28.2 Å². The zero-order valence-electron chi connectivity index (χ0n) is 25.1. The topological polar surface area (TPSA) is 166 Å². The molecule has 0 radical (unpaired) electrons. The van der Waals surface area contributed by atoms with Crippen LogP contribution in [0.5, 0.6) is 5.75 Å². The Morgan fingerprint density at radius 1 is 0.956 bits per heavy atom. The summed E-state index contributed by atoms with van der Waals surface area (Å²) in [6.07, 6.45) is 3.15. The molecule has 1 atom stereocenters. The Morgan fingerprint density at radius 2 is 1.64 bits per heavy atom. The summed E-state index contributed by atoms with van der Waals surface area (Å²) in [7, 11) is -3.89. The number of anilines is 1. The van der Waals surface area contributed by atoms with Gasteiger partial charge < -0.3 is 30.3 Å². The Kier molecular flexibility index (Phi) is 12.2. The third-order valence-corrected chi connectivity index (χ3v) is 9.04. The molecule has 0 heterocycles. The minimum atomic E-state index is -3.89. The maximum absolute atomic E-state index is 13.0. The van der Waals surface area contributed by atoms with Gasteiger partial charge in [-0.3, -0.25) is 4.79 Å². The number of sulfonamides is 1. The molecule has 0 aromatic heterocycles. The van der Waals surface area contributed by atoms with E-state index in [1.165, 1.54) is 0 Å². The van der Waals surface area contributed by atoms with Crippen molar-refractivity contribution in [1.82, 2.24) is 9.62 Å². The average Bonchev–Trinajstić information content (AvgIpc) is 3.04. The van der Waals surface area contributed by atoms with Crippen LogP contribution >= 0.6 is 0 Å². The van der Waals surface area contributed by atoms with E-state index in [4.69, 9.17) is 9.84 Å². The Bertz CT molecular complexity index is 1510. The number of ether oxygens (including phenoxy) is 1. The lowest BCUT2D eigenvalue weighted by atomic mass is 9.94. The molecule has 1 aliphatic carbocycles. The first-order chi connectivity index (χ1) is 21.6. The number of hydrogen-bond acceptors (Lipinski definition) is 8. The van der Waals surface area contributed by atoms with Gasteiger partial charge in [0.25, 0.3) is 5.91 Å². The summed E-state index contributed by atoms with van der Waals surface area (Å²) in [6, 6.07) is 21.5. The predicted octanol–water partition coefficient (Wildman–Crippen LogP) is 4.63. The Labute approximate surface area is 263 Å². The number of nitrogens with zero attached hydrogens (tertiary/aromatic N) is 1. The molecule has 1 saturated carbocycles. The van der Waals surface area contributed by atoms with Crippen molar-refractivity contribution in [2.75, 3.05) is 37.4 Å². The van der Waals surface area contributed by atoms with Crippen molar-refractivity contribution >= 4 is 27.7 Å². The highest BCUT2D eigenvalue weighted by Gasteiger charge is 2.22. The summed E-state index contributed by atoms with van der Waals surface area (Å²) in [4.78, 5) is 25.9. The lowest BCUT2D eigenvalue weighted by Gasteiger charge is -2.25. The fourth-order valence-corrected chi connectivity index (χ4v) is 6.29. The number of nitrogens with one attached hydrogen (secondary N) is 2. The number of benzene rings is 3. The summed E-state index contributed by atoms with van der Waals surface area (Å²) >= 11 is 0. The van der Waals surface area contributed by atoms with E-state index in [2.05, 4.69) is 10.0 Å². The highest BCUT2D eigenvalue weighted by atomic mass is 32.2. The maximum Gasteiger partial charge on any atom is 0.407 e. The first kappa shape index (κ1) is 33.8. The van der Waals surface area contributed by atoms with Crippen LogP contribution in [0.1, 0.15) is 60.6 Å². The first-order valence-electron chi connectivity index (χ1n) is 15.2. The molecular weight excluding hydrogens is 598 g/mol. The van der Waals surface area contributed by atoms with Crippen LogP contribution in [0.3, 0.4) is 0 Å². The van der Waals surface area contributed by atoms with Crippen LogP contribution in [0.4, 0.5) is 10.5 Å². The Balaban J connectivity index is 1.42. The smallest absolute Gasteiger partial charge is 0.407 e. The summed E-state index contributed by atoms with van der Waals surface area (Å²) in [5.41, 5.74) is 3.05. The summed E-state index contributed by atoms with van der Waals surface area (Å²) < 4.78 is 32.6. The zero-order chi connectivity index (χ0) is 32.2. The molecule has 3 aromatic carbocycles. The van der Waals surface area contributed by atoms with Gasteiger partial charge in [-0.2, -0.15) is 0 Å². The SMILES string of the molecule is O=C(NS(=O)(=O)CCCO)c1ccc(-c2ccc(OCCN(C[C@@H](O)c3ccccc3)C(=O)O)cc2)cc1NC1CCCCC1. The number of aliphatic hydroxyl groups excluding tert-OH is 2. The van der Waals surface area contributed by atoms with Crippen LogP contribution in [0, 0.1) is 0 Å². The zero-order valence-corrected chi connectivity index (χ0v) is 25.9. The third-order valence-electron chi connectivity index (χ3n) is 7.71. The largest absolute Gasteiger partial charge is 0.492 e. The minimum absolute atomic E-state index is 0.0314. The van der Waals surface area contributed by atoms with Crippen LogP contribution in [0.15, 0.2) is 72.8 Å². The van der Waals surface area contributed by atoms with Crippen molar-refractivity contribution in [3.05, 3.63) is 83.9 Å². The van der Waals surface area contributed by atoms with Gasteiger partial charge in [-0.05, 0) is 60.2 Å². The van der Waals surface area contributed by atoms with Crippen LogP contribution < -0.4 is 14.8 Å².